The van der Waals surface area contributed by atoms with Crippen molar-refractivity contribution in [2.75, 3.05) is 4.90 Å². The minimum absolute atomic E-state index is 0.0574. The van der Waals surface area contributed by atoms with Gasteiger partial charge in [0.2, 0.25) is 11.8 Å². The summed E-state index contributed by atoms with van der Waals surface area (Å²) in [6.45, 7) is 1.91. The first kappa shape index (κ1) is 11.2. The average molecular weight is 241 g/mol. The zero-order valence-corrected chi connectivity index (χ0v) is 10.3. The second-order valence-corrected chi connectivity index (χ2v) is 5.20. The van der Waals surface area contributed by atoms with Crippen LogP contribution in [-0.2, 0) is 9.59 Å². The number of hydrogen-bond acceptors (Lipinski definition) is 2. The van der Waals surface area contributed by atoms with Gasteiger partial charge in [0.05, 0.1) is 17.0 Å². The van der Waals surface area contributed by atoms with Crippen molar-refractivity contribution in [2.45, 2.75) is 19.8 Å². The number of imide groups is 1. The van der Waals surface area contributed by atoms with Crippen molar-refractivity contribution in [1.82, 2.24) is 0 Å². The molecule has 2 atom stereocenters. The van der Waals surface area contributed by atoms with Gasteiger partial charge >= 0.3 is 0 Å². The molecule has 0 radical (unpaired) electrons. The number of carbonyl (C=O) groups excluding carboxylic acids is 2. The first-order valence-electron chi connectivity index (χ1n) is 6.23. The molecule has 0 N–H and O–H groups in total. The molecular weight excluding hydrogens is 226 g/mol. The molecule has 0 spiro atoms. The molecule has 92 valence electrons. The predicted molar refractivity (Wildman–Crippen MR) is 68.9 cm³/mol. The van der Waals surface area contributed by atoms with Gasteiger partial charge in [-0.15, -0.1) is 0 Å². The molecule has 2 unspecified atom stereocenters. The lowest BCUT2D eigenvalue weighted by atomic mass is 9.72. The third kappa shape index (κ3) is 1.37. The lowest BCUT2D eigenvalue weighted by Gasteiger charge is -2.27. The molecule has 1 aliphatic heterocycles. The Morgan fingerprint density at radius 2 is 1.89 bits per heavy atom. The molecule has 1 heterocycles. The highest BCUT2D eigenvalue weighted by Gasteiger charge is 2.56. The summed E-state index contributed by atoms with van der Waals surface area (Å²) in [6.07, 6.45) is 5.35. The number of carbonyl (C=O) groups is 2. The van der Waals surface area contributed by atoms with E-state index >= 15 is 0 Å². The van der Waals surface area contributed by atoms with Crippen molar-refractivity contribution in [3.05, 3.63) is 42.5 Å². The van der Waals surface area contributed by atoms with Crippen LogP contribution >= 0.6 is 0 Å². The van der Waals surface area contributed by atoms with Crippen LogP contribution in [-0.4, -0.2) is 11.8 Å². The molecule has 0 aromatic heterocycles. The number of allylic oxidation sites excluding steroid dienone is 2. The first-order valence-corrected chi connectivity index (χ1v) is 6.23. The van der Waals surface area contributed by atoms with Gasteiger partial charge in [0.25, 0.3) is 0 Å². The standard InChI is InChI=1S/C15H15NO2/c1-15-10-6-5-9-12(15)13(17)16(14(15)18)11-7-3-2-4-8-11/h2-8,12H,9-10H2,1H3. The predicted octanol–water partition coefficient (Wildman–Crippen LogP) is 2.53. The van der Waals surface area contributed by atoms with E-state index in [0.29, 0.717) is 18.5 Å². The molecule has 1 aromatic rings. The van der Waals surface area contributed by atoms with Crippen LogP contribution in [0.15, 0.2) is 42.5 Å². The van der Waals surface area contributed by atoms with Crippen molar-refractivity contribution >= 4 is 17.5 Å². The van der Waals surface area contributed by atoms with E-state index in [1.54, 1.807) is 0 Å². The zero-order chi connectivity index (χ0) is 12.8. The second kappa shape index (κ2) is 3.80. The number of anilines is 1. The molecule has 1 fully saturated rings. The highest BCUT2D eigenvalue weighted by atomic mass is 16.2. The third-order valence-electron chi connectivity index (χ3n) is 4.07. The van der Waals surface area contributed by atoms with Crippen molar-refractivity contribution < 1.29 is 9.59 Å². The highest BCUT2D eigenvalue weighted by molar-refractivity contribution is 6.23. The second-order valence-electron chi connectivity index (χ2n) is 5.20. The molecule has 0 bridgehead atoms. The van der Waals surface area contributed by atoms with Gasteiger partial charge < -0.3 is 0 Å². The molecule has 0 saturated carbocycles. The first-order chi connectivity index (χ1) is 8.64. The molecule has 3 nitrogen and oxygen atoms in total. The van der Waals surface area contributed by atoms with Crippen LogP contribution in [0.4, 0.5) is 5.69 Å². The molecule has 1 saturated heterocycles. The van der Waals surface area contributed by atoms with Gasteiger partial charge in [-0.2, -0.15) is 0 Å². The zero-order valence-electron chi connectivity index (χ0n) is 10.3. The Morgan fingerprint density at radius 1 is 1.17 bits per heavy atom. The summed E-state index contributed by atoms with van der Waals surface area (Å²) in [5.41, 5.74) is 0.130. The Morgan fingerprint density at radius 3 is 2.56 bits per heavy atom. The Balaban J connectivity index is 2.05. The van der Waals surface area contributed by atoms with E-state index in [0.717, 1.165) is 0 Å². The Kier molecular flexibility index (Phi) is 2.37. The maximum absolute atomic E-state index is 12.5. The van der Waals surface area contributed by atoms with Crippen LogP contribution in [0.3, 0.4) is 0 Å². The van der Waals surface area contributed by atoms with E-state index in [-0.39, 0.29) is 17.7 Å². The quantitative estimate of drug-likeness (QED) is 0.559. The lowest BCUT2D eigenvalue weighted by Crippen LogP contribution is -2.34. The normalized spacial score (nSPS) is 30.7. The number of fused-ring (bicyclic) bond motifs is 1. The van der Waals surface area contributed by atoms with Crippen LogP contribution in [0.2, 0.25) is 0 Å². The fourth-order valence-electron chi connectivity index (χ4n) is 2.91. The smallest absolute Gasteiger partial charge is 0.240 e. The van der Waals surface area contributed by atoms with Crippen LogP contribution in [0.5, 0.6) is 0 Å². The summed E-state index contributed by atoms with van der Waals surface area (Å²) in [5.74, 6) is -0.318. The topological polar surface area (TPSA) is 37.4 Å². The number of rotatable bonds is 1. The number of para-hydroxylation sites is 1. The van der Waals surface area contributed by atoms with Crippen LogP contribution in [0, 0.1) is 11.3 Å². The SMILES string of the molecule is CC12CC=CCC1C(=O)N(c1ccccc1)C2=O. The summed E-state index contributed by atoms with van der Waals surface area (Å²) in [5, 5.41) is 0. The fraction of sp³-hybridized carbons (Fsp3) is 0.333. The lowest BCUT2D eigenvalue weighted by molar-refractivity contribution is -0.126. The molecular formula is C15H15NO2. The van der Waals surface area contributed by atoms with E-state index in [1.165, 1.54) is 4.90 Å². The van der Waals surface area contributed by atoms with E-state index in [4.69, 9.17) is 0 Å². The van der Waals surface area contributed by atoms with E-state index < -0.39 is 5.41 Å². The molecule has 3 rings (SSSR count). The Bertz CT molecular complexity index is 535. The van der Waals surface area contributed by atoms with Gasteiger partial charge in [0.15, 0.2) is 0 Å². The molecule has 3 heteroatoms. The van der Waals surface area contributed by atoms with E-state index in [9.17, 15) is 9.59 Å². The van der Waals surface area contributed by atoms with Gasteiger partial charge in [0.1, 0.15) is 0 Å². The maximum atomic E-state index is 12.5. The van der Waals surface area contributed by atoms with Gasteiger partial charge in [-0.1, -0.05) is 30.4 Å². The largest absolute Gasteiger partial charge is 0.274 e. The Labute approximate surface area is 106 Å². The van der Waals surface area contributed by atoms with Crippen molar-refractivity contribution in [3.63, 3.8) is 0 Å². The number of amides is 2. The van der Waals surface area contributed by atoms with Crippen molar-refractivity contribution in [3.8, 4) is 0 Å². The monoisotopic (exact) mass is 241 g/mol. The molecule has 18 heavy (non-hydrogen) atoms. The number of hydrogen-bond donors (Lipinski definition) is 0. The molecule has 2 aliphatic rings. The maximum Gasteiger partial charge on any atom is 0.240 e. The number of nitrogens with zero attached hydrogens (tertiary/aromatic N) is 1. The van der Waals surface area contributed by atoms with Crippen LogP contribution < -0.4 is 4.90 Å². The molecule has 2 amide bonds. The molecule has 1 aromatic carbocycles. The van der Waals surface area contributed by atoms with Gasteiger partial charge in [-0.05, 0) is 31.9 Å². The average Bonchev–Trinajstić information content (AvgIpc) is 2.59. The summed E-state index contributed by atoms with van der Waals surface area (Å²) >= 11 is 0. The summed E-state index contributed by atoms with van der Waals surface area (Å²) < 4.78 is 0. The van der Waals surface area contributed by atoms with Crippen LogP contribution in [0.25, 0.3) is 0 Å². The summed E-state index contributed by atoms with van der Waals surface area (Å²) in [4.78, 5) is 26.3. The minimum atomic E-state index is -0.554. The van der Waals surface area contributed by atoms with Crippen LogP contribution in [0.1, 0.15) is 19.8 Å². The van der Waals surface area contributed by atoms with Gasteiger partial charge in [0, 0.05) is 0 Å². The fourth-order valence-corrected chi connectivity index (χ4v) is 2.91. The summed E-state index contributed by atoms with van der Waals surface area (Å²) in [6, 6.07) is 9.19. The van der Waals surface area contributed by atoms with Crippen molar-refractivity contribution in [1.29, 1.82) is 0 Å². The molecule has 1 aliphatic carbocycles. The third-order valence-corrected chi connectivity index (χ3v) is 4.07. The Hall–Kier alpha value is -1.90. The van der Waals surface area contributed by atoms with E-state index in [1.807, 2.05) is 49.4 Å². The van der Waals surface area contributed by atoms with Gasteiger partial charge in [-0.25, -0.2) is 4.90 Å². The van der Waals surface area contributed by atoms with Crippen molar-refractivity contribution in [2.24, 2.45) is 11.3 Å². The number of benzene rings is 1. The van der Waals surface area contributed by atoms with Gasteiger partial charge in [-0.3, -0.25) is 9.59 Å². The minimum Gasteiger partial charge on any atom is -0.274 e. The highest BCUT2D eigenvalue weighted by Crippen LogP contribution is 2.46. The van der Waals surface area contributed by atoms with E-state index in [2.05, 4.69) is 0 Å². The summed E-state index contributed by atoms with van der Waals surface area (Å²) in [7, 11) is 0.